The van der Waals surface area contributed by atoms with Gasteiger partial charge < -0.3 is 0 Å². The quantitative estimate of drug-likeness (QED) is 0.181. The molecule has 9 rings (SSSR count). The van der Waals surface area contributed by atoms with Gasteiger partial charge >= 0.3 is 0 Å². The summed E-state index contributed by atoms with van der Waals surface area (Å²) >= 11 is 0. The third-order valence-corrected chi connectivity index (χ3v) is 10.3. The molecule has 1 saturated carbocycles. The Kier molecular flexibility index (Phi) is 7.94. The maximum Gasteiger partial charge on any atom is 0.163 e. The molecule has 0 spiro atoms. The first-order valence-corrected chi connectivity index (χ1v) is 17.8. The summed E-state index contributed by atoms with van der Waals surface area (Å²) in [4.78, 5) is 15.4. The van der Waals surface area contributed by atoms with Gasteiger partial charge in [0.2, 0.25) is 0 Å². The zero-order valence-electron chi connectivity index (χ0n) is 28.0. The third-order valence-electron chi connectivity index (χ3n) is 10.3. The van der Waals surface area contributed by atoms with Gasteiger partial charge in [0.05, 0.1) is 0 Å². The van der Waals surface area contributed by atoms with Crippen LogP contribution in [0.4, 0.5) is 0 Å². The van der Waals surface area contributed by atoms with E-state index in [0.717, 1.165) is 47.0 Å². The molecule has 1 aliphatic rings. The standard InChI is InChI=1S/C47H37N3/c1-2-12-37(13-3-1)45-48-46(38-27-25-36(26-28-38)44-19-9-15-35-11-6-7-18-43(35)44)50-47(49-45)42-17-8-16-40(31-42)33-20-22-34(23-21-33)41-29-24-32-10-4-5-14-39(32)30-41/h4-11,14-31,37H,1-3,12-13H2. The Morgan fingerprint density at radius 3 is 1.70 bits per heavy atom. The summed E-state index contributed by atoms with van der Waals surface area (Å²) in [6, 6.07) is 56.5. The molecule has 1 fully saturated rings. The average Bonchev–Trinajstić information content (AvgIpc) is 3.21. The summed E-state index contributed by atoms with van der Waals surface area (Å²) < 4.78 is 0. The van der Waals surface area contributed by atoms with E-state index < -0.39 is 0 Å². The first-order chi connectivity index (χ1) is 24.7. The molecule has 0 aliphatic heterocycles. The summed E-state index contributed by atoms with van der Waals surface area (Å²) in [6.07, 6.45) is 6.01. The van der Waals surface area contributed by atoms with Crippen molar-refractivity contribution >= 4 is 21.5 Å². The highest BCUT2D eigenvalue weighted by Crippen LogP contribution is 2.35. The Bertz CT molecular complexity index is 2450. The van der Waals surface area contributed by atoms with E-state index >= 15 is 0 Å². The molecule has 1 aromatic heterocycles. The van der Waals surface area contributed by atoms with Gasteiger partial charge in [-0.15, -0.1) is 0 Å². The van der Waals surface area contributed by atoms with Crippen molar-refractivity contribution < 1.29 is 0 Å². The maximum absolute atomic E-state index is 5.14. The normalized spacial score (nSPS) is 13.5. The molecule has 50 heavy (non-hydrogen) atoms. The summed E-state index contributed by atoms with van der Waals surface area (Å²) in [5.41, 5.74) is 9.19. The van der Waals surface area contributed by atoms with Crippen LogP contribution in [0.15, 0.2) is 158 Å². The fraction of sp³-hybridized carbons (Fsp3) is 0.128. The molecule has 0 saturated heterocycles. The minimum Gasteiger partial charge on any atom is -0.213 e. The van der Waals surface area contributed by atoms with E-state index in [1.54, 1.807) is 0 Å². The van der Waals surface area contributed by atoms with Crippen LogP contribution >= 0.6 is 0 Å². The molecule has 0 unspecified atom stereocenters. The predicted molar refractivity (Wildman–Crippen MR) is 208 cm³/mol. The van der Waals surface area contributed by atoms with E-state index in [1.807, 2.05) is 0 Å². The highest BCUT2D eigenvalue weighted by Gasteiger charge is 2.21. The van der Waals surface area contributed by atoms with Crippen LogP contribution in [0.3, 0.4) is 0 Å². The summed E-state index contributed by atoms with van der Waals surface area (Å²) in [5, 5.41) is 5.02. The van der Waals surface area contributed by atoms with Gasteiger partial charge in [0.25, 0.3) is 0 Å². The molecule has 1 aliphatic carbocycles. The van der Waals surface area contributed by atoms with Gasteiger partial charge in [-0.05, 0) is 79.9 Å². The highest BCUT2D eigenvalue weighted by atomic mass is 15.0. The molecule has 0 N–H and O–H groups in total. The second kappa shape index (κ2) is 13.2. The Balaban J connectivity index is 1.05. The zero-order chi connectivity index (χ0) is 33.3. The monoisotopic (exact) mass is 643 g/mol. The Morgan fingerprint density at radius 1 is 0.360 bits per heavy atom. The van der Waals surface area contributed by atoms with Crippen LogP contribution in [0, 0.1) is 0 Å². The van der Waals surface area contributed by atoms with Gasteiger partial charge in [0.1, 0.15) is 5.82 Å². The Labute approximate surface area is 293 Å². The van der Waals surface area contributed by atoms with Gasteiger partial charge in [-0.25, -0.2) is 15.0 Å². The second-order valence-corrected chi connectivity index (χ2v) is 13.5. The van der Waals surface area contributed by atoms with Crippen molar-refractivity contribution in [2.45, 2.75) is 38.0 Å². The van der Waals surface area contributed by atoms with Crippen molar-refractivity contribution in [3.05, 3.63) is 164 Å². The fourth-order valence-corrected chi connectivity index (χ4v) is 7.53. The number of rotatable bonds is 6. The second-order valence-electron chi connectivity index (χ2n) is 13.5. The lowest BCUT2D eigenvalue weighted by Crippen LogP contribution is -2.11. The van der Waals surface area contributed by atoms with Gasteiger partial charge in [-0.3, -0.25) is 0 Å². The van der Waals surface area contributed by atoms with E-state index in [-0.39, 0.29) is 0 Å². The summed E-state index contributed by atoms with van der Waals surface area (Å²) in [6.45, 7) is 0. The summed E-state index contributed by atoms with van der Waals surface area (Å²) in [7, 11) is 0. The lowest BCUT2D eigenvalue weighted by Gasteiger charge is -2.21. The van der Waals surface area contributed by atoms with Crippen LogP contribution in [0.1, 0.15) is 43.8 Å². The largest absolute Gasteiger partial charge is 0.213 e. The maximum atomic E-state index is 5.14. The SMILES string of the molecule is c1cc(-c2ccc(-c3ccc4ccccc4c3)cc2)cc(-c2nc(-c3ccc(-c4cccc5ccccc45)cc3)nc(C3CCCCC3)n2)c1. The van der Waals surface area contributed by atoms with E-state index in [9.17, 15) is 0 Å². The van der Waals surface area contributed by atoms with Crippen LogP contribution < -0.4 is 0 Å². The van der Waals surface area contributed by atoms with Gasteiger partial charge in [0.15, 0.2) is 11.6 Å². The molecule has 0 bridgehead atoms. The first-order valence-electron chi connectivity index (χ1n) is 17.8. The zero-order valence-corrected chi connectivity index (χ0v) is 28.0. The van der Waals surface area contributed by atoms with Crippen LogP contribution in [-0.4, -0.2) is 15.0 Å². The van der Waals surface area contributed by atoms with Gasteiger partial charge in [-0.1, -0.05) is 165 Å². The van der Waals surface area contributed by atoms with Crippen LogP contribution in [0.5, 0.6) is 0 Å². The van der Waals surface area contributed by atoms with E-state index in [4.69, 9.17) is 15.0 Å². The molecule has 0 amide bonds. The number of fused-ring (bicyclic) bond motifs is 2. The molecular weight excluding hydrogens is 607 g/mol. The highest BCUT2D eigenvalue weighted by molar-refractivity contribution is 5.96. The van der Waals surface area contributed by atoms with Gasteiger partial charge in [0, 0.05) is 17.0 Å². The fourth-order valence-electron chi connectivity index (χ4n) is 7.53. The average molecular weight is 644 g/mol. The van der Waals surface area contributed by atoms with Crippen molar-refractivity contribution in [2.75, 3.05) is 0 Å². The lowest BCUT2D eigenvalue weighted by molar-refractivity contribution is 0.428. The van der Waals surface area contributed by atoms with Crippen LogP contribution in [-0.2, 0) is 0 Å². The molecule has 7 aromatic carbocycles. The van der Waals surface area contributed by atoms with Crippen molar-refractivity contribution in [1.82, 2.24) is 15.0 Å². The topological polar surface area (TPSA) is 38.7 Å². The van der Waals surface area contributed by atoms with Crippen molar-refractivity contribution in [1.29, 1.82) is 0 Å². The molecule has 240 valence electrons. The smallest absolute Gasteiger partial charge is 0.163 e. The first kappa shape index (κ1) is 30.2. The number of hydrogen-bond donors (Lipinski definition) is 0. The number of nitrogens with zero attached hydrogens (tertiary/aromatic N) is 3. The molecule has 3 nitrogen and oxygen atoms in total. The Morgan fingerprint density at radius 2 is 0.920 bits per heavy atom. The number of hydrogen-bond acceptors (Lipinski definition) is 3. The Hall–Kier alpha value is -5.93. The molecular formula is C47H37N3. The van der Waals surface area contributed by atoms with Crippen molar-refractivity contribution in [2.24, 2.45) is 0 Å². The van der Waals surface area contributed by atoms with Crippen LogP contribution in [0.25, 0.3) is 77.7 Å². The van der Waals surface area contributed by atoms with E-state index in [2.05, 4.69) is 158 Å². The van der Waals surface area contributed by atoms with Crippen molar-refractivity contribution in [3.8, 4) is 56.2 Å². The van der Waals surface area contributed by atoms with Crippen molar-refractivity contribution in [3.63, 3.8) is 0 Å². The molecule has 0 atom stereocenters. The third kappa shape index (κ3) is 5.97. The number of benzene rings is 7. The minimum absolute atomic E-state index is 0.366. The predicted octanol–water partition coefficient (Wildman–Crippen LogP) is 12.6. The van der Waals surface area contributed by atoms with E-state index in [1.165, 1.54) is 68.6 Å². The summed E-state index contributed by atoms with van der Waals surface area (Å²) in [5.74, 6) is 2.77. The number of aromatic nitrogens is 3. The van der Waals surface area contributed by atoms with Crippen LogP contribution in [0.2, 0.25) is 0 Å². The molecule has 8 aromatic rings. The van der Waals surface area contributed by atoms with E-state index in [0.29, 0.717) is 5.92 Å². The molecule has 3 heteroatoms. The van der Waals surface area contributed by atoms with Gasteiger partial charge in [-0.2, -0.15) is 0 Å². The molecule has 0 radical (unpaired) electrons. The minimum atomic E-state index is 0.366. The lowest BCUT2D eigenvalue weighted by atomic mass is 9.88. The molecule has 1 heterocycles.